The quantitative estimate of drug-likeness (QED) is 0.195. The van der Waals surface area contributed by atoms with E-state index < -0.39 is 11.0 Å². The third-order valence-electron chi connectivity index (χ3n) is 0. The Bertz CT molecular complexity index is 65.7. The molecule has 0 aromatic heterocycles. The van der Waals surface area contributed by atoms with Crippen molar-refractivity contribution in [3.63, 3.8) is 0 Å². The molecule has 6 heavy (non-hydrogen) atoms. The van der Waals surface area contributed by atoms with Crippen LogP contribution < -0.4 is 0 Å². The Balaban J connectivity index is -0.00000000750. The van der Waals surface area contributed by atoms with Gasteiger partial charge in [-0.25, -0.2) is 0 Å². The van der Waals surface area contributed by atoms with Gasteiger partial charge in [-0.3, -0.25) is 0 Å². The van der Waals surface area contributed by atoms with Gasteiger partial charge in [0, 0.05) is 11.0 Å². The maximum atomic E-state index is 8.56. The van der Waals surface area contributed by atoms with E-state index in [-0.39, 0.29) is 43.3 Å². The molecule has 0 atom stereocenters. The van der Waals surface area contributed by atoms with E-state index in [4.69, 9.17) is 13.0 Å². The van der Waals surface area contributed by atoms with Gasteiger partial charge < -0.3 is 15.8 Å². The van der Waals surface area contributed by atoms with E-state index in [1.165, 1.54) is 0 Å². The fourth-order valence-corrected chi connectivity index (χ4v) is 0. The van der Waals surface area contributed by atoms with Gasteiger partial charge in [-0.1, -0.05) is 0 Å². The van der Waals surface area contributed by atoms with E-state index in [9.17, 15) is 0 Å². The molecule has 34 valence electrons. The van der Waals surface area contributed by atoms with Crippen LogP contribution in [0.5, 0.6) is 0 Å². The van der Waals surface area contributed by atoms with E-state index in [1.54, 1.807) is 0 Å². The van der Waals surface area contributed by atoms with Crippen LogP contribution in [0.3, 0.4) is 0 Å². The summed E-state index contributed by atoms with van der Waals surface area (Å²) in [5.41, 5.74) is 0. The molecule has 0 saturated carbocycles. The first-order valence-corrected chi connectivity index (χ1v) is 1.55. The molecule has 0 aliphatic heterocycles. The first-order chi connectivity index (χ1) is 1.73. The summed E-state index contributed by atoms with van der Waals surface area (Å²) in [7, 11) is -2.86. The second-order valence-corrected chi connectivity index (χ2v) is 0.651. The Morgan fingerprint density at radius 1 is 1.50 bits per heavy atom. The van der Waals surface area contributed by atoms with Crippen molar-refractivity contribution < 1.29 is 15.8 Å². The molecule has 3 nitrogen and oxygen atoms in total. The Morgan fingerprint density at radius 3 is 1.50 bits per heavy atom. The topological polar surface area (TPSA) is 54.4 Å². The molecule has 1 N–H and O–H groups in total. The maximum absolute atomic E-state index is 8.56. The first kappa shape index (κ1) is 15.7. The van der Waals surface area contributed by atoms with E-state index in [1.807, 2.05) is 0 Å². The minimum absolute atomic E-state index is 0. The van der Waals surface area contributed by atoms with Crippen LogP contribution in [0.15, 0.2) is 0 Å². The van der Waals surface area contributed by atoms with E-state index in [0.29, 0.717) is 0 Å². The van der Waals surface area contributed by atoms with Crippen molar-refractivity contribution in [1.29, 1.82) is 0 Å². The molecular formula is H5AlMgO3S. The van der Waals surface area contributed by atoms with Gasteiger partial charge in [-0.15, -0.1) is 0 Å². The van der Waals surface area contributed by atoms with Crippen molar-refractivity contribution in [2.75, 3.05) is 0 Å². The van der Waals surface area contributed by atoms with Crippen LogP contribution in [0.25, 0.3) is 0 Å². The normalized spacial score (nSPS) is 5.67. The van der Waals surface area contributed by atoms with Crippen LogP contribution in [0.1, 0.15) is 2.85 Å². The summed E-state index contributed by atoms with van der Waals surface area (Å²) >= 11 is 0. The van der Waals surface area contributed by atoms with Gasteiger partial charge in [0.1, 0.15) is 0 Å². The number of rotatable bonds is 0. The molecule has 0 bridgehead atoms. The Morgan fingerprint density at radius 2 is 1.50 bits per heavy atom. The molecule has 0 amide bonds. The van der Waals surface area contributed by atoms with Gasteiger partial charge >= 0.3 is 40.4 Å². The Kier molecular flexibility index (Phi) is 24.9. The molecule has 0 radical (unpaired) electrons. The van der Waals surface area contributed by atoms with Crippen LogP contribution in [-0.2, 0) is 19.4 Å². The van der Waals surface area contributed by atoms with Crippen molar-refractivity contribution in [1.82, 2.24) is 0 Å². The van der Waals surface area contributed by atoms with E-state index >= 15 is 0 Å². The second-order valence-electron chi connectivity index (χ2n) is 0.217. The van der Waals surface area contributed by atoms with Crippen LogP contribution in [0.4, 0.5) is 0 Å². The molecule has 0 heterocycles. The molecule has 0 fully saturated rings. The molecule has 0 aliphatic rings. The zero-order chi connectivity index (χ0) is 3.58. The summed E-state index contributed by atoms with van der Waals surface area (Å²) in [5.74, 6) is 0. The van der Waals surface area contributed by atoms with Crippen molar-refractivity contribution in [3.05, 3.63) is 0 Å². The third kappa shape index (κ3) is 63.2. The summed E-state index contributed by atoms with van der Waals surface area (Å²) in [6.45, 7) is 0. The van der Waals surface area contributed by atoms with Gasteiger partial charge in [0.25, 0.3) is 0 Å². The molecule has 0 spiro atoms. The Hall–Kier alpha value is 1.21. The van der Waals surface area contributed by atoms with Crippen LogP contribution in [0, 0.1) is 0 Å². The zero-order valence-corrected chi connectivity index (χ0v) is 7.61. The van der Waals surface area contributed by atoms with E-state index in [2.05, 4.69) is 0 Å². The predicted octanol–water partition coefficient (Wildman–Crippen LogP) is -1.30. The standard InChI is InChI=1S/Al.Mg.HO3S.4H/c;;1-4(2)3;;;;/h;;(H,1,2,3);;;;/q+1;+2;-1;;;2*-1. The molecule has 6 heteroatoms. The Labute approximate surface area is 67.1 Å². The van der Waals surface area contributed by atoms with Crippen molar-refractivity contribution >= 4 is 51.4 Å². The molecular weight excluding hydrogens is 131 g/mol. The van der Waals surface area contributed by atoms with Gasteiger partial charge in [-0.2, -0.15) is 0 Å². The molecule has 0 unspecified atom stereocenters. The molecule has 0 aromatic rings. The summed E-state index contributed by atoms with van der Waals surface area (Å²) in [6.07, 6.45) is 0. The summed E-state index contributed by atoms with van der Waals surface area (Å²) in [5, 5.41) is 0. The van der Waals surface area contributed by atoms with Gasteiger partial charge in [-0.05, 0) is 0 Å². The summed E-state index contributed by atoms with van der Waals surface area (Å²) in [6, 6.07) is 0. The fraction of sp³-hybridized carbons (Fsp3) is 0. The molecule has 0 rings (SSSR count). The average Bonchev–Trinajstić information content (AvgIpc) is 0.811. The van der Waals surface area contributed by atoms with Gasteiger partial charge in [0.2, 0.25) is 0 Å². The molecule has 0 saturated heterocycles. The van der Waals surface area contributed by atoms with Crippen LogP contribution >= 0.6 is 0 Å². The second kappa shape index (κ2) is 9.51. The van der Waals surface area contributed by atoms with Crippen molar-refractivity contribution in [2.45, 2.75) is 0 Å². The van der Waals surface area contributed by atoms with E-state index in [0.717, 1.165) is 0 Å². The largest absolute Gasteiger partial charge is 2.00 e. The minimum Gasteiger partial charge on any atom is -1.00 e. The summed E-state index contributed by atoms with van der Waals surface area (Å²) in [4.78, 5) is 0. The predicted molar refractivity (Wildman–Crippen MR) is 27.9 cm³/mol. The fourth-order valence-electron chi connectivity index (χ4n) is 0. The molecule has 0 aromatic carbocycles. The smallest absolute Gasteiger partial charge is 1.00 e. The van der Waals surface area contributed by atoms with Gasteiger partial charge in [0.05, 0.1) is 0 Å². The number of hydrogen-bond donors (Lipinski definition) is 1. The van der Waals surface area contributed by atoms with Gasteiger partial charge in [0.15, 0.2) is 0 Å². The van der Waals surface area contributed by atoms with Crippen LogP contribution in [-0.4, -0.2) is 45.0 Å². The minimum atomic E-state index is -2.86. The third-order valence-corrected chi connectivity index (χ3v) is 0. The van der Waals surface area contributed by atoms with Crippen LogP contribution in [0.2, 0.25) is 0 Å². The zero-order valence-electron chi connectivity index (χ0n) is 5.38. The van der Waals surface area contributed by atoms with Crippen molar-refractivity contribution in [3.8, 4) is 0 Å². The summed E-state index contributed by atoms with van der Waals surface area (Å²) < 4.78 is 24.1. The number of hydrogen-bond acceptors (Lipinski definition) is 3. The van der Waals surface area contributed by atoms with Crippen molar-refractivity contribution in [2.24, 2.45) is 0 Å². The SMILES string of the molecule is O=[S-](=O)O.[AlH2+].[H-].[H-].[Mg+2]. The maximum Gasteiger partial charge on any atom is 2.00 e. The monoisotopic (exact) mass is 136 g/mol. The molecule has 0 aliphatic carbocycles. The average molecular weight is 136 g/mol. The first-order valence-electron chi connectivity index (χ1n) is 0.516.